The minimum absolute atomic E-state index is 0.148. The minimum atomic E-state index is -0.613. The largest absolute Gasteiger partial charge is 0.460 e. The van der Waals surface area contributed by atoms with Gasteiger partial charge in [0.15, 0.2) is 0 Å². The monoisotopic (exact) mass is 271 g/mol. The third kappa shape index (κ3) is 4.33. The number of hydrogen-bond donors (Lipinski definition) is 0. The second kappa shape index (κ2) is 5.35. The van der Waals surface area contributed by atoms with Crippen LogP contribution >= 0.6 is 11.6 Å². The molecule has 0 aliphatic rings. The van der Waals surface area contributed by atoms with Crippen LogP contribution in [0.5, 0.6) is 0 Å². The Kier molecular flexibility index (Phi) is 4.29. The van der Waals surface area contributed by atoms with Gasteiger partial charge in [-0.05, 0) is 26.8 Å². The molecule has 0 radical (unpaired) electrons. The van der Waals surface area contributed by atoms with Gasteiger partial charge in [0.25, 0.3) is 5.69 Å². The van der Waals surface area contributed by atoms with Gasteiger partial charge in [-0.1, -0.05) is 17.7 Å². The molecule has 0 N–H and O–H groups in total. The van der Waals surface area contributed by atoms with E-state index in [9.17, 15) is 14.9 Å². The molecule has 1 rings (SSSR count). The lowest BCUT2D eigenvalue weighted by atomic mass is 10.1. The van der Waals surface area contributed by atoms with Crippen molar-refractivity contribution in [3.63, 3.8) is 0 Å². The Balaban J connectivity index is 2.91. The fourth-order valence-electron chi connectivity index (χ4n) is 1.39. The minimum Gasteiger partial charge on any atom is -0.460 e. The Morgan fingerprint density at radius 1 is 1.44 bits per heavy atom. The number of esters is 1. The van der Waals surface area contributed by atoms with E-state index in [1.54, 1.807) is 20.8 Å². The number of carbonyl (C=O) groups excluding carboxylic acids is 1. The maximum atomic E-state index is 11.6. The van der Waals surface area contributed by atoms with Gasteiger partial charge in [-0.25, -0.2) is 0 Å². The summed E-state index contributed by atoms with van der Waals surface area (Å²) in [5.41, 5.74) is -0.495. The highest BCUT2D eigenvalue weighted by atomic mass is 35.5. The van der Waals surface area contributed by atoms with Crippen LogP contribution in [-0.2, 0) is 16.0 Å². The smallest absolute Gasteiger partial charge is 0.311 e. The highest BCUT2D eigenvalue weighted by molar-refractivity contribution is 6.30. The molecule has 0 aromatic heterocycles. The fourth-order valence-corrected chi connectivity index (χ4v) is 1.56. The molecule has 0 aliphatic carbocycles. The van der Waals surface area contributed by atoms with Crippen LogP contribution in [0.2, 0.25) is 5.02 Å². The van der Waals surface area contributed by atoms with Gasteiger partial charge in [0.05, 0.1) is 11.3 Å². The predicted molar refractivity (Wildman–Crippen MR) is 67.7 cm³/mol. The maximum Gasteiger partial charge on any atom is 0.311 e. The number of ether oxygens (including phenoxy) is 1. The molecule has 1 aromatic rings. The number of nitro groups is 1. The van der Waals surface area contributed by atoms with E-state index in [0.717, 1.165) is 0 Å². The Morgan fingerprint density at radius 3 is 2.56 bits per heavy atom. The number of nitro benzene ring substituents is 1. The second-order valence-corrected chi connectivity index (χ2v) is 5.23. The molecular weight excluding hydrogens is 258 g/mol. The molecule has 5 nitrogen and oxygen atoms in total. The molecule has 0 heterocycles. The van der Waals surface area contributed by atoms with Gasteiger partial charge in [0.2, 0.25) is 0 Å². The van der Waals surface area contributed by atoms with Gasteiger partial charge in [-0.3, -0.25) is 14.9 Å². The molecule has 98 valence electrons. The summed E-state index contributed by atoms with van der Waals surface area (Å²) in [5, 5.41) is 11.1. The van der Waals surface area contributed by atoms with Crippen molar-refractivity contribution in [1.29, 1.82) is 0 Å². The fraction of sp³-hybridized carbons (Fsp3) is 0.417. The lowest BCUT2D eigenvalue weighted by Crippen LogP contribution is -2.25. The summed E-state index contributed by atoms with van der Waals surface area (Å²) in [6.45, 7) is 5.21. The number of carbonyl (C=O) groups is 1. The van der Waals surface area contributed by atoms with Crippen LogP contribution in [0.3, 0.4) is 0 Å². The van der Waals surface area contributed by atoms with Crippen molar-refractivity contribution in [2.45, 2.75) is 32.8 Å². The average molecular weight is 272 g/mol. The van der Waals surface area contributed by atoms with Crippen molar-refractivity contribution < 1.29 is 14.5 Å². The van der Waals surface area contributed by atoms with Crippen LogP contribution in [0.25, 0.3) is 0 Å². The zero-order valence-corrected chi connectivity index (χ0v) is 11.2. The number of rotatable bonds is 3. The Labute approximate surface area is 110 Å². The SMILES string of the molecule is CC(C)(C)OC(=O)Cc1ccc(Cl)cc1[N+](=O)[O-]. The average Bonchev–Trinajstić information content (AvgIpc) is 2.17. The summed E-state index contributed by atoms with van der Waals surface area (Å²) in [5.74, 6) is -0.507. The number of halogens is 1. The first kappa shape index (κ1) is 14.4. The lowest BCUT2D eigenvalue weighted by Gasteiger charge is -2.19. The molecule has 0 unspecified atom stereocenters. The van der Waals surface area contributed by atoms with Crippen LogP contribution in [0.4, 0.5) is 5.69 Å². The highest BCUT2D eigenvalue weighted by Gasteiger charge is 2.21. The quantitative estimate of drug-likeness (QED) is 0.481. The summed E-state index contributed by atoms with van der Waals surface area (Å²) < 4.78 is 5.11. The van der Waals surface area contributed by atoms with E-state index >= 15 is 0 Å². The molecule has 0 fully saturated rings. The van der Waals surface area contributed by atoms with E-state index < -0.39 is 16.5 Å². The number of nitrogens with zero attached hydrogens (tertiary/aromatic N) is 1. The van der Waals surface area contributed by atoms with Crippen molar-refractivity contribution in [2.75, 3.05) is 0 Å². The summed E-state index contributed by atoms with van der Waals surface area (Å²) in [7, 11) is 0. The summed E-state index contributed by atoms with van der Waals surface area (Å²) in [6.07, 6.45) is -0.148. The van der Waals surface area contributed by atoms with E-state index in [4.69, 9.17) is 16.3 Å². The molecule has 18 heavy (non-hydrogen) atoms. The van der Waals surface area contributed by atoms with Gasteiger partial charge in [0, 0.05) is 16.7 Å². The van der Waals surface area contributed by atoms with Crippen molar-refractivity contribution in [2.24, 2.45) is 0 Å². The molecule has 1 aromatic carbocycles. The molecular formula is C12H14ClNO4. The van der Waals surface area contributed by atoms with Crippen LogP contribution in [0.1, 0.15) is 26.3 Å². The van der Waals surface area contributed by atoms with Gasteiger partial charge < -0.3 is 4.74 Å². The summed E-state index contributed by atoms with van der Waals surface area (Å²) >= 11 is 5.68. The number of benzene rings is 1. The van der Waals surface area contributed by atoms with Crippen molar-refractivity contribution in [1.82, 2.24) is 0 Å². The van der Waals surface area contributed by atoms with Gasteiger partial charge in [-0.2, -0.15) is 0 Å². The normalized spacial score (nSPS) is 11.1. The van der Waals surface area contributed by atoms with Crippen LogP contribution < -0.4 is 0 Å². The van der Waals surface area contributed by atoms with E-state index in [-0.39, 0.29) is 17.1 Å². The first-order chi connectivity index (χ1) is 8.19. The molecule has 0 spiro atoms. The van der Waals surface area contributed by atoms with Crippen molar-refractivity contribution in [3.8, 4) is 0 Å². The van der Waals surface area contributed by atoms with E-state index in [2.05, 4.69) is 0 Å². The Hall–Kier alpha value is -1.62. The third-order valence-electron chi connectivity index (χ3n) is 2.00. The highest BCUT2D eigenvalue weighted by Crippen LogP contribution is 2.24. The molecule has 0 saturated heterocycles. The molecule has 0 amide bonds. The van der Waals surface area contributed by atoms with Crippen molar-refractivity contribution in [3.05, 3.63) is 38.9 Å². The first-order valence-electron chi connectivity index (χ1n) is 5.34. The Morgan fingerprint density at radius 2 is 2.06 bits per heavy atom. The van der Waals surface area contributed by atoms with Gasteiger partial charge >= 0.3 is 5.97 Å². The third-order valence-corrected chi connectivity index (χ3v) is 2.23. The van der Waals surface area contributed by atoms with E-state index in [1.165, 1.54) is 18.2 Å². The summed E-state index contributed by atoms with van der Waals surface area (Å²) in [6, 6.07) is 4.19. The van der Waals surface area contributed by atoms with E-state index in [0.29, 0.717) is 5.56 Å². The molecule has 6 heteroatoms. The van der Waals surface area contributed by atoms with Gasteiger partial charge in [0.1, 0.15) is 5.60 Å². The molecule has 0 bridgehead atoms. The predicted octanol–water partition coefficient (Wildman–Crippen LogP) is 3.13. The van der Waals surface area contributed by atoms with Crippen LogP contribution in [-0.4, -0.2) is 16.5 Å². The van der Waals surface area contributed by atoms with Gasteiger partial charge in [-0.15, -0.1) is 0 Å². The van der Waals surface area contributed by atoms with Crippen LogP contribution in [0.15, 0.2) is 18.2 Å². The zero-order chi connectivity index (χ0) is 13.9. The Bertz CT molecular complexity index is 479. The standard InChI is InChI=1S/C12H14ClNO4/c1-12(2,3)18-11(15)6-8-4-5-9(13)7-10(8)14(16)17/h4-5,7H,6H2,1-3H3. The first-order valence-corrected chi connectivity index (χ1v) is 5.71. The topological polar surface area (TPSA) is 69.4 Å². The van der Waals surface area contributed by atoms with E-state index in [1.807, 2.05) is 0 Å². The molecule has 0 saturated carbocycles. The second-order valence-electron chi connectivity index (χ2n) is 4.79. The lowest BCUT2D eigenvalue weighted by molar-refractivity contribution is -0.385. The summed E-state index contributed by atoms with van der Waals surface area (Å²) in [4.78, 5) is 21.9. The zero-order valence-electron chi connectivity index (χ0n) is 10.4. The number of hydrogen-bond acceptors (Lipinski definition) is 4. The molecule has 0 aliphatic heterocycles. The maximum absolute atomic E-state index is 11.6. The van der Waals surface area contributed by atoms with Crippen molar-refractivity contribution >= 4 is 23.3 Å². The molecule has 0 atom stereocenters. The van der Waals surface area contributed by atoms with Crippen LogP contribution in [0, 0.1) is 10.1 Å².